The first kappa shape index (κ1) is 37.3. The van der Waals surface area contributed by atoms with Crippen LogP contribution in [0.1, 0.15) is 57.8 Å². The van der Waals surface area contributed by atoms with E-state index in [0.717, 1.165) is 49.8 Å². The van der Waals surface area contributed by atoms with Gasteiger partial charge in [0.1, 0.15) is 11.9 Å². The number of carboxylic acid groups (broad SMARTS) is 1. The number of hydrogen-bond donors (Lipinski definition) is 1. The molecule has 1 amide bonds. The van der Waals surface area contributed by atoms with Crippen molar-refractivity contribution in [3.05, 3.63) is 106 Å². The maximum Gasteiger partial charge on any atom is 0.416 e. The molecule has 2 unspecified atom stereocenters. The topological polar surface area (TPSA) is 93.7 Å². The van der Waals surface area contributed by atoms with E-state index >= 15 is 4.39 Å². The number of nitrogens with zero attached hydrogens (tertiary/aromatic N) is 4. The van der Waals surface area contributed by atoms with Crippen LogP contribution >= 0.6 is 0 Å². The highest BCUT2D eigenvalue weighted by molar-refractivity contribution is 5.85. The van der Waals surface area contributed by atoms with Crippen LogP contribution < -0.4 is 20.1 Å². The van der Waals surface area contributed by atoms with Crippen molar-refractivity contribution >= 4 is 23.5 Å². The van der Waals surface area contributed by atoms with E-state index in [4.69, 9.17) is 4.74 Å². The van der Waals surface area contributed by atoms with Crippen LogP contribution in [0.3, 0.4) is 0 Å². The maximum atomic E-state index is 15.0. The number of hydrogen-bond acceptors (Lipinski definition) is 7. The monoisotopic (exact) mass is 718 g/mol. The molecule has 0 radical (unpaired) electrons. The minimum absolute atomic E-state index is 0.0255. The lowest BCUT2D eigenvalue weighted by Crippen LogP contribution is -2.45. The molecule has 3 aromatic carbocycles. The molecular weight excluding hydrogens is 683 g/mol. The third-order valence-electron chi connectivity index (χ3n) is 8.66. The van der Waals surface area contributed by atoms with Crippen LogP contribution in [0, 0.1) is 32.5 Å². The Hall–Kier alpha value is -4.92. The molecule has 1 fully saturated rings. The van der Waals surface area contributed by atoms with E-state index in [9.17, 15) is 36.2 Å². The Morgan fingerprint density at radius 2 is 1.65 bits per heavy atom. The Kier molecular flexibility index (Phi) is 10.8. The number of aryl methyl sites for hydroxylation is 3. The second kappa shape index (κ2) is 14.7. The van der Waals surface area contributed by atoms with E-state index in [2.05, 4.69) is 20.2 Å². The van der Waals surface area contributed by atoms with Gasteiger partial charge in [-0.25, -0.2) is 9.37 Å². The smallest absolute Gasteiger partial charge is 0.416 e. The molecule has 1 aliphatic heterocycles. The van der Waals surface area contributed by atoms with Crippen LogP contribution in [0.25, 0.3) is 0 Å². The summed E-state index contributed by atoms with van der Waals surface area (Å²) in [4.78, 5) is 23.8. The van der Waals surface area contributed by atoms with Gasteiger partial charge < -0.3 is 29.8 Å². The first-order valence-electron chi connectivity index (χ1n) is 16.0. The van der Waals surface area contributed by atoms with Crippen molar-refractivity contribution in [1.29, 1.82) is 0 Å². The molecule has 0 aliphatic carbocycles. The molecule has 5 rings (SSSR count). The van der Waals surface area contributed by atoms with Crippen molar-refractivity contribution in [3.63, 3.8) is 0 Å². The van der Waals surface area contributed by atoms with Crippen LogP contribution in [0.5, 0.6) is 5.75 Å². The van der Waals surface area contributed by atoms with Crippen LogP contribution in [0.4, 0.5) is 53.0 Å². The molecule has 1 saturated heterocycles. The van der Waals surface area contributed by atoms with Crippen molar-refractivity contribution in [1.82, 2.24) is 14.9 Å². The minimum Gasteiger partial charge on any atom is -0.530 e. The molecule has 4 aromatic rings. The van der Waals surface area contributed by atoms with Gasteiger partial charge in [0.05, 0.1) is 23.8 Å². The fourth-order valence-corrected chi connectivity index (χ4v) is 6.52. The van der Waals surface area contributed by atoms with Gasteiger partial charge in [-0.1, -0.05) is 17.7 Å². The van der Waals surface area contributed by atoms with Crippen molar-refractivity contribution in [3.8, 4) is 5.75 Å². The second-order valence-corrected chi connectivity index (χ2v) is 12.8. The predicted octanol–water partition coefficient (Wildman–Crippen LogP) is 7.98. The van der Waals surface area contributed by atoms with Gasteiger partial charge in [-0.2, -0.15) is 31.3 Å². The molecule has 1 N–H and O–H groups in total. The zero-order valence-electron chi connectivity index (χ0n) is 28.1. The summed E-state index contributed by atoms with van der Waals surface area (Å²) >= 11 is 0. The lowest BCUT2D eigenvalue weighted by atomic mass is 9.87. The maximum absolute atomic E-state index is 15.0. The quantitative estimate of drug-likeness (QED) is 0.176. The van der Waals surface area contributed by atoms with Crippen LogP contribution in [0.2, 0.25) is 0 Å². The van der Waals surface area contributed by atoms with Gasteiger partial charge in [-0.05, 0) is 106 Å². The number of anilines is 3. The van der Waals surface area contributed by atoms with Crippen molar-refractivity contribution < 1.29 is 45.4 Å². The first-order chi connectivity index (χ1) is 23.9. The fraction of sp³-hybridized carbons (Fsp3) is 0.361. The molecule has 0 bridgehead atoms. The number of likely N-dealkylation sites (tertiary alicyclic amines) is 1. The van der Waals surface area contributed by atoms with E-state index in [1.807, 2.05) is 7.05 Å². The summed E-state index contributed by atoms with van der Waals surface area (Å²) in [5, 5.41) is 15.7. The fourth-order valence-electron chi connectivity index (χ4n) is 6.52. The summed E-state index contributed by atoms with van der Waals surface area (Å²) in [5.74, 6) is -1.09. The van der Waals surface area contributed by atoms with Gasteiger partial charge in [-0.15, -0.1) is 0 Å². The molecule has 0 spiro atoms. The van der Waals surface area contributed by atoms with E-state index < -0.39 is 52.8 Å². The van der Waals surface area contributed by atoms with E-state index in [0.29, 0.717) is 34.8 Å². The molecule has 2 heterocycles. The summed E-state index contributed by atoms with van der Waals surface area (Å²) in [6.07, 6.45) is -9.24. The molecule has 1 aromatic heterocycles. The number of nitrogens with one attached hydrogen (secondary N) is 1. The Balaban J connectivity index is 1.54. The number of ether oxygens (including phenoxy) is 1. The minimum atomic E-state index is -5.20. The summed E-state index contributed by atoms with van der Waals surface area (Å²) in [7, 11) is 2.01. The van der Waals surface area contributed by atoms with E-state index in [-0.39, 0.29) is 34.9 Å². The molecule has 0 saturated carbocycles. The number of rotatable bonds is 9. The standard InChI is InChI=1S/C36H36F7N5O3/c1-20-12-21(2)31(22(3)13-20)32(24-14-25(35(38,39)40)16-26(15-24)36(41,42)43)48(34(49)50)30-9-10-44-33(46-30)45-27-7-8-29(28(37)17-27)51-19-23-6-5-11-47(4)18-23/h7-10,12-17,23,32H,5-6,11,18-19H2,1-4H3,(H,49,50)(H,44,45,46)/p-1. The van der Waals surface area contributed by atoms with E-state index in [1.165, 1.54) is 12.1 Å². The van der Waals surface area contributed by atoms with Gasteiger partial charge in [0, 0.05) is 30.4 Å². The number of aromatic nitrogens is 2. The number of carbonyl (C=O) groups excluding carboxylic acids is 1. The highest BCUT2D eigenvalue weighted by Crippen LogP contribution is 2.42. The third kappa shape index (κ3) is 8.88. The van der Waals surface area contributed by atoms with Gasteiger partial charge in [0.25, 0.3) is 0 Å². The Morgan fingerprint density at radius 3 is 2.22 bits per heavy atom. The Labute approximate surface area is 289 Å². The molecule has 8 nitrogen and oxygen atoms in total. The number of amides is 1. The van der Waals surface area contributed by atoms with Crippen LogP contribution in [-0.2, 0) is 12.4 Å². The average Bonchev–Trinajstić information content (AvgIpc) is 3.02. The summed E-state index contributed by atoms with van der Waals surface area (Å²) in [5.41, 5.74) is -2.06. The molecule has 15 heteroatoms. The van der Waals surface area contributed by atoms with Gasteiger partial charge >= 0.3 is 12.4 Å². The van der Waals surface area contributed by atoms with Crippen LogP contribution in [0.15, 0.2) is 60.8 Å². The summed E-state index contributed by atoms with van der Waals surface area (Å²) in [6, 6.07) is 7.54. The zero-order chi connectivity index (χ0) is 37.2. The highest BCUT2D eigenvalue weighted by Gasteiger charge is 2.39. The third-order valence-corrected chi connectivity index (χ3v) is 8.66. The molecule has 2 atom stereocenters. The average molecular weight is 719 g/mol. The molecule has 272 valence electrons. The van der Waals surface area contributed by atoms with Crippen molar-refractivity contribution in [2.75, 3.05) is 37.0 Å². The van der Waals surface area contributed by atoms with Gasteiger partial charge in [-0.3, -0.25) is 0 Å². The summed E-state index contributed by atoms with van der Waals surface area (Å²) < 4.78 is 105. The van der Waals surface area contributed by atoms with Gasteiger partial charge in [0.15, 0.2) is 11.6 Å². The predicted molar refractivity (Wildman–Crippen MR) is 174 cm³/mol. The summed E-state index contributed by atoms with van der Waals surface area (Å²) in [6.45, 7) is 7.02. The first-order valence-corrected chi connectivity index (χ1v) is 16.0. The Morgan fingerprint density at radius 1 is 1.00 bits per heavy atom. The zero-order valence-corrected chi connectivity index (χ0v) is 28.1. The van der Waals surface area contributed by atoms with E-state index in [1.54, 1.807) is 32.9 Å². The molecule has 1 aliphatic rings. The number of piperidine rings is 1. The number of benzene rings is 3. The highest BCUT2D eigenvalue weighted by atomic mass is 19.4. The largest absolute Gasteiger partial charge is 0.530 e. The normalized spacial score (nSPS) is 16.1. The molecular formula is C36H35F7N5O3-. The SMILES string of the molecule is Cc1cc(C)c(C(c2cc(C(F)(F)F)cc(C(F)(F)F)c2)N(C(=O)[O-])c2ccnc(Nc3ccc(OCC4CCCN(C)C4)c(F)c3)n2)c(C)c1. The number of carbonyl (C=O) groups is 1. The lowest BCUT2D eigenvalue weighted by Gasteiger charge is -2.36. The molecule has 51 heavy (non-hydrogen) atoms. The second-order valence-electron chi connectivity index (χ2n) is 12.8. The number of alkyl halides is 6. The van der Waals surface area contributed by atoms with Crippen molar-refractivity contribution in [2.45, 2.75) is 52.0 Å². The van der Waals surface area contributed by atoms with Gasteiger partial charge in [0.2, 0.25) is 5.95 Å². The Bertz CT molecular complexity index is 1840. The van der Waals surface area contributed by atoms with Crippen molar-refractivity contribution in [2.24, 2.45) is 5.92 Å². The lowest BCUT2D eigenvalue weighted by molar-refractivity contribution is -0.247. The van der Waals surface area contributed by atoms with Crippen LogP contribution in [-0.4, -0.2) is 47.7 Å². The number of halogens is 7.